The third kappa shape index (κ3) is 1.83. The van der Waals surface area contributed by atoms with Gasteiger partial charge in [0.1, 0.15) is 0 Å². The summed E-state index contributed by atoms with van der Waals surface area (Å²) in [5.41, 5.74) is 0.621. The van der Waals surface area contributed by atoms with Gasteiger partial charge in [0, 0.05) is 12.7 Å². The van der Waals surface area contributed by atoms with Gasteiger partial charge in [-0.05, 0) is 25.0 Å². The highest BCUT2D eigenvalue weighted by atomic mass is 16.2. The first-order valence-electron chi connectivity index (χ1n) is 4.98. The molecule has 0 unspecified atom stereocenters. The van der Waals surface area contributed by atoms with Gasteiger partial charge in [0.05, 0.1) is 0 Å². The van der Waals surface area contributed by atoms with Crippen LogP contribution in [-0.4, -0.2) is 14.2 Å². The Morgan fingerprint density at radius 1 is 1.47 bits per heavy atom. The molecule has 0 aliphatic heterocycles. The monoisotopic (exact) mass is 203 g/mol. The molecule has 0 amide bonds. The van der Waals surface area contributed by atoms with Crippen LogP contribution in [0.4, 0.5) is 0 Å². The van der Waals surface area contributed by atoms with E-state index in [-0.39, 0.29) is 5.69 Å². The zero-order valence-corrected chi connectivity index (χ0v) is 8.47. The molecule has 0 aromatic carbocycles. The average molecular weight is 203 g/mol. The zero-order chi connectivity index (χ0) is 10.7. The summed E-state index contributed by atoms with van der Waals surface area (Å²) in [7, 11) is 0. The number of unbranched alkanes of at least 4 members (excludes halogenated alkanes) is 1. The Morgan fingerprint density at radius 2 is 2.33 bits per heavy atom. The number of nitrogens with zero attached hydrogens (tertiary/aromatic N) is 3. The molecule has 0 N–H and O–H groups in total. The van der Waals surface area contributed by atoms with Crippen molar-refractivity contribution >= 4 is 5.65 Å². The number of aromatic nitrogens is 3. The fraction of sp³-hybridized carbons (Fsp3) is 0.273. The van der Waals surface area contributed by atoms with Crippen molar-refractivity contribution in [1.82, 2.24) is 14.2 Å². The first kappa shape index (κ1) is 9.71. The third-order valence-electron chi connectivity index (χ3n) is 2.27. The van der Waals surface area contributed by atoms with Gasteiger partial charge in [-0.2, -0.15) is 0 Å². The Morgan fingerprint density at radius 3 is 3.07 bits per heavy atom. The van der Waals surface area contributed by atoms with Crippen LogP contribution in [0.3, 0.4) is 0 Å². The maximum Gasteiger partial charge on any atom is 0.350 e. The molecular formula is C11H13N3O. The molecule has 0 aliphatic rings. The summed E-state index contributed by atoms with van der Waals surface area (Å²) in [6, 6.07) is 5.52. The van der Waals surface area contributed by atoms with E-state index in [0.717, 1.165) is 12.8 Å². The summed E-state index contributed by atoms with van der Waals surface area (Å²) in [6.07, 6.45) is 5.38. The van der Waals surface area contributed by atoms with Gasteiger partial charge in [0.2, 0.25) is 0 Å². The number of hydrogen-bond acceptors (Lipinski definition) is 2. The van der Waals surface area contributed by atoms with E-state index < -0.39 is 0 Å². The lowest BCUT2D eigenvalue weighted by atomic mass is 10.3. The van der Waals surface area contributed by atoms with Crippen molar-refractivity contribution in [2.45, 2.75) is 19.4 Å². The molecule has 2 heterocycles. The standard InChI is InChI=1S/C11H13N3O/c1-2-3-5-9-14-11(15)13-8-6-4-7-10(13)12-14/h2,4,6-8H,1,3,5,9H2. The van der Waals surface area contributed by atoms with E-state index in [4.69, 9.17) is 0 Å². The minimum absolute atomic E-state index is 0.0744. The molecule has 2 aromatic rings. The van der Waals surface area contributed by atoms with Crippen LogP contribution in [0, 0.1) is 0 Å². The van der Waals surface area contributed by atoms with Gasteiger partial charge < -0.3 is 0 Å². The maximum atomic E-state index is 11.8. The van der Waals surface area contributed by atoms with Crippen LogP contribution in [0.15, 0.2) is 41.8 Å². The predicted molar refractivity (Wildman–Crippen MR) is 58.9 cm³/mol. The molecule has 2 aromatic heterocycles. The molecule has 0 bridgehead atoms. The van der Waals surface area contributed by atoms with E-state index >= 15 is 0 Å². The minimum Gasteiger partial charge on any atom is -0.250 e. The van der Waals surface area contributed by atoms with Gasteiger partial charge in [-0.1, -0.05) is 12.1 Å². The van der Waals surface area contributed by atoms with Crippen molar-refractivity contribution < 1.29 is 0 Å². The van der Waals surface area contributed by atoms with Crippen LogP contribution in [0.2, 0.25) is 0 Å². The number of pyridine rings is 1. The smallest absolute Gasteiger partial charge is 0.250 e. The Kier molecular flexibility index (Phi) is 2.67. The number of fused-ring (bicyclic) bond motifs is 1. The molecule has 0 atom stereocenters. The Bertz CT molecular complexity index is 524. The van der Waals surface area contributed by atoms with Crippen LogP contribution in [0.5, 0.6) is 0 Å². The molecule has 0 saturated carbocycles. The lowest BCUT2D eigenvalue weighted by molar-refractivity contribution is 0.565. The van der Waals surface area contributed by atoms with E-state index in [0.29, 0.717) is 12.2 Å². The number of hydrogen-bond donors (Lipinski definition) is 0. The Hall–Kier alpha value is -1.84. The van der Waals surface area contributed by atoms with Crippen molar-refractivity contribution in [3.8, 4) is 0 Å². The normalized spacial score (nSPS) is 10.7. The summed E-state index contributed by atoms with van der Waals surface area (Å²) in [4.78, 5) is 11.8. The molecule has 15 heavy (non-hydrogen) atoms. The molecule has 4 nitrogen and oxygen atoms in total. The largest absolute Gasteiger partial charge is 0.350 e. The maximum absolute atomic E-state index is 11.8. The molecular weight excluding hydrogens is 190 g/mol. The molecule has 0 saturated heterocycles. The molecule has 0 spiro atoms. The van der Waals surface area contributed by atoms with E-state index in [1.807, 2.05) is 24.3 Å². The fourth-order valence-electron chi connectivity index (χ4n) is 1.50. The van der Waals surface area contributed by atoms with Gasteiger partial charge >= 0.3 is 5.69 Å². The zero-order valence-electron chi connectivity index (χ0n) is 8.47. The highest BCUT2D eigenvalue weighted by Crippen LogP contribution is 1.97. The van der Waals surface area contributed by atoms with Crippen molar-refractivity contribution in [3.63, 3.8) is 0 Å². The topological polar surface area (TPSA) is 39.3 Å². The second-order valence-electron chi connectivity index (χ2n) is 3.37. The highest BCUT2D eigenvalue weighted by molar-refractivity contribution is 5.35. The lowest BCUT2D eigenvalue weighted by Crippen LogP contribution is -2.20. The summed E-state index contributed by atoms with van der Waals surface area (Å²) < 4.78 is 3.05. The number of rotatable bonds is 4. The van der Waals surface area contributed by atoms with E-state index in [9.17, 15) is 4.79 Å². The summed E-state index contributed by atoms with van der Waals surface area (Å²) in [5, 5.41) is 4.22. The van der Waals surface area contributed by atoms with Crippen molar-refractivity contribution in [1.29, 1.82) is 0 Å². The van der Waals surface area contributed by atoms with E-state index in [1.54, 1.807) is 10.6 Å². The second-order valence-corrected chi connectivity index (χ2v) is 3.37. The van der Waals surface area contributed by atoms with Crippen molar-refractivity contribution in [3.05, 3.63) is 47.5 Å². The van der Waals surface area contributed by atoms with Gasteiger partial charge in [0.15, 0.2) is 5.65 Å². The summed E-state index contributed by atoms with van der Waals surface area (Å²) in [6.45, 7) is 4.29. The fourth-order valence-corrected chi connectivity index (χ4v) is 1.50. The van der Waals surface area contributed by atoms with E-state index in [1.165, 1.54) is 4.68 Å². The Balaban J connectivity index is 2.32. The number of allylic oxidation sites excluding steroid dienone is 1. The summed E-state index contributed by atoms with van der Waals surface area (Å²) in [5.74, 6) is 0. The minimum atomic E-state index is -0.0744. The number of aryl methyl sites for hydroxylation is 1. The van der Waals surface area contributed by atoms with Gasteiger partial charge in [-0.25, -0.2) is 9.48 Å². The molecule has 0 radical (unpaired) electrons. The van der Waals surface area contributed by atoms with Crippen LogP contribution in [0.25, 0.3) is 5.65 Å². The lowest BCUT2D eigenvalue weighted by Gasteiger charge is -1.94. The predicted octanol–water partition coefficient (Wildman–Crippen LogP) is 1.46. The average Bonchev–Trinajstić information content (AvgIpc) is 2.57. The van der Waals surface area contributed by atoms with Crippen molar-refractivity contribution in [2.24, 2.45) is 0 Å². The quantitative estimate of drug-likeness (QED) is 0.557. The SMILES string of the molecule is C=CCCCn1nc2ccccn2c1=O. The van der Waals surface area contributed by atoms with Gasteiger partial charge in [-0.15, -0.1) is 11.7 Å². The van der Waals surface area contributed by atoms with E-state index in [2.05, 4.69) is 11.7 Å². The molecule has 4 heteroatoms. The first-order valence-corrected chi connectivity index (χ1v) is 4.98. The summed E-state index contributed by atoms with van der Waals surface area (Å²) >= 11 is 0. The van der Waals surface area contributed by atoms with Gasteiger partial charge in [-0.3, -0.25) is 4.40 Å². The Labute approximate surface area is 87.5 Å². The molecule has 2 rings (SSSR count). The van der Waals surface area contributed by atoms with Crippen LogP contribution in [-0.2, 0) is 6.54 Å². The van der Waals surface area contributed by atoms with Crippen LogP contribution < -0.4 is 5.69 Å². The van der Waals surface area contributed by atoms with Gasteiger partial charge in [0.25, 0.3) is 0 Å². The molecule has 0 aliphatic carbocycles. The van der Waals surface area contributed by atoms with Crippen LogP contribution in [0.1, 0.15) is 12.8 Å². The highest BCUT2D eigenvalue weighted by Gasteiger charge is 2.03. The third-order valence-corrected chi connectivity index (χ3v) is 2.27. The molecule has 0 fully saturated rings. The van der Waals surface area contributed by atoms with Crippen LogP contribution >= 0.6 is 0 Å². The second kappa shape index (κ2) is 4.13. The molecule has 78 valence electrons. The van der Waals surface area contributed by atoms with Crippen molar-refractivity contribution in [2.75, 3.05) is 0 Å². The first-order chi connectivity index (χ1) is 7.33.